The van der Waals surface area contributed by atoms with Crippen LogP contribution in [0.3, 0.4) is 0 Å². The molecule has 2 N–H and O–H groups in total. The van der Waals surface area contributed by atoms with Crippen molar-refractivity contribution in [2.75, 3.05) is 11.9 Å². The Balaban J connectivity index is 1.59. The van der Waals surface area contributed by atoms with Gasteiger partial charge in [0, 0.05) is 16.9 Å². The first-order valence-electron chi connectivity index (χ1n) is 9.30. The number of thiazole rings is 1. The number of carbonyl (C=O) groups excluding carboxylic acids is 1. The summed E-state index contributed by atoms with van der Waals surface area (Å²) in [6, 6.07) is 17.1. The van der Waals surface area contributed by atoms with Crippen LogP contribution in [0, 0.1) is 6.92 Å². The number of carbonyl (C=O) groups is 1. The van der Waals surface area contributed by atoms with Gasteiger partial charge in [0.25, 0.3) is 0 Å². The van der Waals surface area contributed by atoms with Gasteiger partial charge < -0.3 is 15.2 Å². The van der Waals surface area contributed by atoms with Crippen LogP contribution in [-0.2, 0) is 4.79 Å². The second-order valence-corrected chi connectivity index (χ2v) is 7.60. The minimum atomic E-state index is -0.649. The molecular formula is C22H24N2O3S. The molecule has 0 saturated heterocycles. The maximum Gasteiger partial charge on any atom is 0.226 e. The van der Waals surface area contributed by atoms with E-state index in [1.54, 1.807) is 0 Å². The number of aliphatic hydroxyl groups is 1. The van der Waals surface area contributed by atoms with Gasteiger partial charge in [-0.2, -0.15) is 0 Å². The van der Waals surface area contributed by atoms with Gasteiger partial charge in [-0.3, -0.25) is 4.79 Å². The Bertz CT molecular complexity index is 907. The first kappa shape index (κ1) is 20.0. The molecule has 6 heteroatoms. The Morgan fingerprint density at radius 2 is 1.89 bits per heavy atom. The number of rotatable bonds is 8. The van der Waals surface area contributed by atoms with Crippen LogP contribution in [0.15, 0.2) is 54.6 Å². The molecule has 3 rings (SSSR count). The molecule has 2 aromatic carbocycles. The molecule has 0 aliphatic carbocycles. The van der Waals surface area contributed by atoms with E-state index in [2.05, 4.69) is 10.3 Å². The molecule has 3 aromatic rings. The smallest absolute Gasteiger partial charge is 0.226 e. The third-order valence-electron chi connectivity index (χ3n) is 4.31. The van der Waals surface area contributed by atoms with E-state index in [0.29, 0.717) is 18.2 Å². The summed E-state index contributed by atoms with van der Waals surface area (Å²) in [6.07, 6.45) is -0.0524. The Morgan fingerprint density at radius 1 is 1.18 bits per heavy atom. The highest BCUT2D eigenvalue weighted by Crippen LogP contribution is 2.31. The van der Waals surface area contributed by atoms with Crippen LogP contribution in [0.2, 0.25) is 0 Å². The summed E-state index contributed by atoms with van der Waals surface area (Å²) in [5.41, 5.74) is 2.66. The van der Waals surface area contributed by atoms with Gasteiger partial charge in [0.15, 0.2) is 5.13 Å². The monoisotopic (exact) mass is 396 g/mol. The van der Waals surface area contributed by atoms with Crippen molar-refractivity contribution in [2.24, 2.45) is 0 Å². The molecule has 0 spiro atoms. The van der Waals surface area contributed by atoms with Crippen LogP contribution in [0.1, 0.15) is 36.3 Å². The predicted octanol–water partition coefficient (Wildman–Crippen LogP) is 4.97. The van der Waals surface area contributed by atoms with Gasteiger partial charge in [0.1, 0.15) is 5.75 Å². The minimum Gasteiger partial charge on any atom is -0.494 e. The van der Waals surface area contributed by atoms with E-state index < -0.39 is 6.10 Å². The van der Waals surface area contributed by atoms with Gasteiger partial charge in [0.05, 0.1) is 18.4 Å². The minimum absolute atomic E-state index is 0.151. The molecule has 0 saturated carbocycles. The Hall–Kier alpha value is -2.70. The molecule has 0 aliphatic heterocycles. The molecule has 1 aromatic heterocycles. The number of nitrogens with one attached hydrogen (secondary N) is 1. The van der Waals surface area contributed by atoms with E-state index in [1.165, 1.54) is 11.3 Å². The van der Waals surface area contributed by atoms with Gasteiger partial charge in [-0.1, -0.05) is 30.3 Å². The highest BCUT2D eigenvalue weighted by atomic mass is 32.1. The fourth-order valence-corrected chi connectivity index (χ4v) is 3.74. The Morgan fingerprint density at radius 3 is 2.57 bits per heavy atom. The van der Waals surface area contributed by atoms with Crippen molar-refractivity contribution in [1.29, 1.82) is 0 Å². The highest BCUT2D eigenvalue weighted by molar-refractivity contribution is 7.16. The molecule has 146 valence electrons. The average molecular weight is 397 g/mol. The lowest BCUT2D eigenvalue weighted by molar-refractivity contribution is -0.116. The Labute approximate surface area is 169 Å². The molecule has 1 amide bonds. The van der Waals surface area contributed by atoms with Gasteiger partial charge in [-0.05, 0) is 50.1 Å². The number of nitrogens with zero attached hydrogens (tertiary/aromatic N) is 1. The van der Waals surface area contributed by atoms with Crippen molar-refractivity contribution in [3.05, 3.63) is 65.0 Å². The molecule has 5 nitrogen and oxygen atoms in total. The average Bonchev–Trinajstić information content (AvgIpc) is 3.07. The number of ether oxygens (including phenoxy) is 1. The molecular weight excluding hydrogens is 372 g/mol. The van der Waals surface area contributed by atoms with Crippen molar-refractivity contribution in [3.8, 4) is 17.0 Å². The van der Waals surface area contributed by atoms with Gasteiger partial charge >= 0.3 is 0 Å². The number of hydrogen-bond acceptors (Lipinski definition) is 5. The zero-order valence-corrected chi connectivity index (χ0v) is 16.8. The van der Waals surface area contributed by atoms with Crippen LogP contribution in [0.4, 0.5) is 5.13 Å². The number of anilines is 1. The van der Waals surface area contributed by atoms with Crippen LogP contribution >= 0.6 is 11.3 Å². The summed E-state index contributed by atoms with van der Waals surface area (Å²) in [7, 11) is 0. The lowest BCUT2D eigenvalue weighted by Gasteiger charge is -2.10. The number of aliphatic hydroxyl groups excluding tert-OH is 1. The topological polar surface area (TPSA) is 71.5 Å². The zero-order chi connectivity index (χ0) is 19.9. The summed E-state index contributed by atoms with van der Waals surface area (Å²) in [5, 5.41) is 13.6. The number of benzene rings is 2. The highest BCUT2D eigenvalue weighted by Gasteiger charge is 2.14. The standard InChI is InChI=1S/C22H24N2O3S/c1-3-27-18-11-9-17(10-12-18)21-15(2)28-22(24-21)23-20(26)14-13-19(25)16-7-5-4-6-8-16/h4-12,19,25H,3,13-14H2,1-2H3,(H,23,24,26)/t19-/m1/s1. The number of hydrogen-bond donors (Lipinski definition) is 2. The molecule has 0 unspecified atom stereocenters. The molecule has 1 heterocycles. The van der Waals surface area contributed by atoms with E-state index in [9.17, 15) is 9.90 Å². The first-order valence-corrected chi connectivity index (χ1v) is 10.1. The Kier molecular flexibility index (Phi) is 6.79. The van der Waals surface area contributed by atoms with Crippen LogP contribution in [0.25, 0.3) is 11.3 Å². The third kappa shape index (κ3) is 5.18. The number of aromatic nitrogens is 1. The van der Waals surface area contributed by atoms with Crippen LogP contribution in [0.5, 0.6) is 5.75 Å². The fourth-order valence-electron chi connectivity index (χ4n) is 2.88. The summed E-state index contributed by atoms with van der Waals surface area (Å²) < 4.78 is 5.47. The summed E-state index contributed by atoms with van der Waals surface area (Å²) in [4.78, 5) is 17.8. The van der Waals surface area contributed by atoms with Crippen LogP contribution in [-0.4, -0.2) is 22.6 Å². The van der Waals surface area contributed by atoms with Crippen molar-refractivity contribution >= 4 is 22.4 Å². The third-order valence-corrected chi connectivity index (χ3v) is 5.20. The van der Waals surface area contributed by atoms with E-state index in [1.807, 2.05) is 68.4 Å². The lowest BCUT2D eigenvalue weighted by Crippen LogP contribution is -2.12. The first-order chi connectivity index (χ1) is 13.6. The molecule has 0 aliphatic rings. The SMILES string of the molecule is CCOc1ccc(-c2nc(NC(=O)CC[C@@H](O)c3ccccc3)sc2C)cc1. The van der Waals surface area contributed by atoms with E-state index >= 15 is 0 Å². The molecule has 1 atom stereocenters. The quantitative estimate of drug-likeness (QED) is 0.564. The zero-order valence-electron chi connectivity index (χ0n) is 16.0. The van der Waals surface area contributed by atoms with Crippen molar-refractivity contribution in [3.63, 3.8) is 0 Å². The van der Waals surface area contributed by atoms with Crippen molar-refractivity contribution < 1.29 is 14.6 Å². The normalized spacial score (nSPS) is 11.8. The van der Waals surface area contributed by atoms with Gasteiger partial charge in [-0.15, -0.1) is 11.3 Å². The second-order valence-electron chi connectivity index (χ2n) is 6.39. The number of amides is 1. The van der Waals surface area contributed by atoms with E-state index in [-0.39, 0.29) is 12.3 Å². The van der Waals surface area contributed by atoms with E-state index in [4.69, 9.17) is 4.74 Å². The molecule has 0 bridgehead atoms. The van der Waals surface area contributed by atoms with Gasteiger partial charge in [0.2, 0.25) is 5.91 Å². The molecule has 0 fully saturated rings. The molecule has 28 heavy (non-hydrogen) atoms. The number of aryl methyl sites for hydroxylation is 1. The molecule has 0 radical (unpaired) electrons. The maximum absolute atomic E-state index is 12.2. The van der Waals surface area contributed by atoms with Crippen molar-refractivity contribution in [1.82, 2.24) is 4.98 Å². The van der Waals surface area contributed by atoms with Crippen LogP contribution < -0.4 is 10.1 Å². The summed E-state index contributed by atoms with van der Waals surface area (Å²) >= 11 is 1.45. The largest absolute Gasteiger partial charge is 0.494 e. The van der Waals surface area contributed by atoms with E-state index in [0.717, 1.165) is 27.4 Å². The predicted molar refractivity (Wildman–Crippen MR) is 113 cm³/mol. The summed E-state index contributed by atoms with van der Waals surface area (Å²) in [6.45, 7) is 4.56. The maximum atomic E-state index is 12.2. The summed E-state index contributed by atoms with van der Waals surface area (Å²) in [5.74, 6) is 0.673. The lowest BCUT2D eigenvalue weighted by atomic mass is 10.1. The van der Waals surface area contributed by atoms with Gasteiger partial charge in [-0.25, -0.2) is 4.98 Å². The second kappa shape index (κ2) is 9.48. The fraction of sp³-hybridized carbons (Fsp3) is 0.273. The van der Waals surface area contributed by atoms with Crippen molar-refractivity contribution in [2.45, 2.75) is 32.8 Å².